The van der Waals surface area contributed by atoms with E-state index in [4.69, 9.17) is 9.47 Å². The Bertz CT molecular complexity index is 812. The van der Waals surface area contributed by atoms with Crippen LogP contribution in [0.15, 0.2) is 53.4 Å². The summed E-state index contributed by atoms with van der Waals surface area (Å²) in [5, 5.41) is 0. The first-order valence-corrected chi connectivity index (χ1v) is 9.37. The summed E-state index contributed by atoms with van der Waals surface area (Å²) in [5.74, 6) is 0.158. The molecule has 0 heterocycles. The lowest BCUT2D eigenvalue weighted by Gasteiger charge is -2.10. The summed E-state index contributed by atoms with van der Waals surface area (Å²) in [7, 11) is -3.72. The van der Waals surface area contributed by atoms with Gasteiger partial charge >= 0.3 is 5.97 Å². The van der Waals surface area contributed by atoms with Gasteiger partial charge in [0.05, 0.1) is 23.2 Å². The van der Waals surface area contributed by atoms with Crippen molar-refractivity contribution in [3.05, 3.63) is 54.1 Å². The van der Waals surface area contributed by atoms with Crippen molar-refractivity contribution in [3.63, 3.8) is 0 Å². The molecule has 2 aromatic rings. The molecule has 0 unspecified atom stereocenters. The number of esters is 1. The van der Waals surface area contributed by atoms with Crippen LogP contribution in [-0.2, 0) is 14.8 Å². The quantitative estimate of drug-likeness (QED) is 0.762. The number of carbonyl (C=O) groups is 1. The molecule has 0 atom stereocenters. The van der Waals surface area contributed by atoms with Crippen molar-refractivity contribution in [2.75, 3.05) is 11.3 Å². The Hall–Kier alpha value is -2.54. The number of hydrogen-bond donors (Lipinski definition) is 1. The highest BCUT2D eigenvalue weighted by atomic mass is 32.2. The second-order valence-corrected chi connectivity index (χ2v) is 7.22. The van der Waals surface area contributed by atoms with E-state index in [0.29, 0.717) is 23.6 Å². The van der Waals surface area contributed by atoms with Crippen LogP contribution in [0.1, 0.15) is 31.1 Å². The second kappa shape index (κ2) is 8.02. The van der Waals surface area contributed by atoms with E-state index in [1.165, 1.54) is 36.4 Å². The van der Waals surface area contributed by atoms with E-state index in [1.807, 2.05) is 6.92 Å². The lowest BCUT2D eigenvalue weighted by atomic mass is 10.2. The van der Waals surface area contributed by atoms with Crippen molar-refractivity contribution in [1.29, 1.82) is 0 Å². The summed E-state index contributed by atoms with van der Waals surface area (Å²) < 4.78 is 37.6. The maximum absolute atomic E-state index is 12.4. The Morgan fingerprint density at radius 1 is 1.04 bits per heavy atom. The van der Waals surface area contributed by atoms with Gasteiger partial charge < -0.3 is 9.47 Å². The van der Waals surface area contributed by atoms with Gasteiger partial charge in [-0.15, -0.1) is 0 Å². The molecule has 0 saturated carbocycles. The van der Waals surface area contributed by atoms with Gasteiger partial charge in [-0.1, -0.05) is 0 Å². The largest absolute Gasteiger partial charge is 0.494 e. The van der Waals surface area contributed by atoms with Gasteiger partial charge in [-0.25, -0.2) is 13.2 Å². The van der Waals surface area contributed by atoms with Gasteiger partial charge in [0.2, 0.25) is 0 Å². The van der Waals surface area contributed by atoms with Crippen LogP contribution in [0.4, 0.5) is 5.69 Å². The minimum absolute atomic E-state index is 0.124. The number of hydrogen-bond acceptors (Lipinski definition) is 5. The molecule has 25 heavy (non-hydrogen) atoms. The van der Waals surface area contributed by atoms with Crippen LogP contribution in [0.25, 0.3) is 0 Å². The van der Waals surface area contributed by atoms with Crippen LogP contribution >= 0.6 is 0 Å². The topological polar surface area (TPSA) is 81.7 Å². The van der Waals surface area contributed by atoms with Crippen molar-refractivity contribution < 1.29 is 22.7 Å². The number of anilines is 1. The molecule has 0 aliphatic heterocycles. The van der Waals surface area contributed by atoms with Crippen LogP contribution in [0, 0.1) is 0 Å². The summed E-state index contributed by atoms with van der Waals surface area (Å²) in [6.45, 7) is 5.89. The SMILES string of the molecule is CCOc1ccc(S(=O)(=O)Nc2ccc(C(=O)OC(C)C)cc2)cc1. The fourth-order valence-corrected chi connectivity index (χ4v) is 3.11. The number of rotatable bonds is 7. The molecular weight excluding hydrogens is 342 g/mol. The molecule has 0 aliphatic rings. The second-order valence-electron chi connectivity index (χ2n) is 5.54. The van der Waals surface area contributed by atoms with Gasteiger partial charge in [-0.3, -0.25) is 4.72 Å². The third-order valence-electron chi connectivity index (χ3n) is 3.16. The van der Waals surface area contributed by atoms with Crippen molar-refractivity contribution >= 4 is 21.7 Å². The van der Waals surface area contributed by atoms with E-state index >= 15 is 0 Å². The zero-order chi connectivity index (χ0) is 18.4. The number of nitrogens with one attached hydrogen (secondary N) is 1. The highest BCUT2D eigenvalue weighted by Gasteiger charge is 2.15. The van der Waals surface area contributed by atoms with E-state index in [-0.39, 0.29) is 11.0 Å². The van der Waals surface area contributed by atoms with E-state index in [2.05, 4.69) is 4.72 Å². The van der Waals surface area contributed by atoms with Gasteiger partial charge in [-0.05, 0) is 69.3 Å². The number of sulfonamides is 1. The standard InChI is InChI=1S/C18H21NO5S/c1-4-23-16-9-11-17(12-10-16)25(21,22)19-15-7-5-14(6-8-15)18(20)24-13(2)3/h5-13,19H,4H2,1-3H3. The molecule has 2 rings (SSSR count). The molecule has 0 aliphatic carbocycles. The molecule has 0 aromatic heterocycles. The predicted molar refractivity (Wildman–Crippen MR) is 95.4 cm³/mol. The smallest absolute Gasteiger partial charge is 0.338 e. The Morgan fingerprint density at radius 3 is 2.16 bits per heavy atom. The highest BCUT2D eigenvalue weighted by molar-refractivity contribution is 7.92. The van der Waals surface area contributed by atoms with Gasteiger partial charge in [0.15, 0.2) is 0 Å². The molecular formula is C18H21NO5S. The zero-order valence-electron chi connectivity index (χ0n) is 14.4. The highest BCUT2D eigenvalue weighted by Crippen LogP contribution is 2.20. The lowest BCUT2D eigenvalue weighted by molar-refractivity contribution is 0.0378. The van der Waals surface area contributed by atoms with E-state index in [1.54, 1.807) is 26.0 Å². The Morgan fingerprint density at radius 2 is 1.64 bits per heavy atom. The van der Waals surface area contributed by atoms with E-state index in [9.17, 15) is 13.2 Å². The maximum atomic E-state index is 12.4. The first-order valence-electron chi connectivity index (χ1n) is 7.88. The molecule has 7 heteroatoms. The van der Waals surface area contributed by atoms with Crippen molar-refractivity contribution in [3.8, 4) is 5.75 Å². The third kappa shape index (κ3) is 5.22. The Balaban J connectivity index is 2.11. The average molecular weight is 363 g/mol. The summed E-state index contributed by atoms with van der Waals surface area (Å²) in [6, 6.07) is 12.2. The van der Waals surface area contributed by atoms with Gasteiger partial charge in [0, 0.05) is 5.69 Å². The first-order chi connectivity index (χ1) is 11.8. The van der Waals surface area contributed by atoms with Crippen LogP contribution in [-0.4, -0.2) is 27.1 Å². The number of benzene rings is 2. The molecule has 0 fully saturated rings. The van der Waals surface area contributed by atoms with E-state index < -0.39 is 16.0 Å². The van der Waals surface area contributed by atoms with Crippen molar-refractivity contribution in [2.45, 2.75) is 31.8 Å². The third-order valence-corrected chi connectivity index (χ3v) is 4.56. The Kier molecular flexibility index (Phi) is 6.03. The monoisotopic (exact) mass is 363 g/mol. The van der Waals surface area contributed by atoms with Crippen LogP contribution < -0.4 is 9.46 Å². The van der Waals surface area contributed by atoms with Crippen LogP contribution in [0.5, 0.6) is 5.75 Å². The normalized spacial score (nSPS) is 11.2. The van der Waals surface area contributed by atoms with E-state index in [0.717, 1.165) is 0 Å². The summed E-state index contributed by atoms with van der Waals surface area (Å²) in [5.41, 5.74) is 0.715. The molecule has 2 aromatic carbocycles. The predicted octanol–water partition coefficient (Wildman–Crippen LogP) is 3.45. The lowest BCUT2D eigenvalue weighted by Crippen LogP contribution is -2.14. The van der Waals surface area contributed by atoms with Gasteiger partial charge in [0.25, 0.3) is 10.0 Å². The molecule has 0 spiro atoms. The number of ether oxygens (including phenoxy) is 2. The van der Waals surface area contributed by atoms with Crippen molar-refractivity contribution in [1.82, 2.24) is 0 Å². The van der Waals surface area contributed by atoms with Gasteiger partial charge in [-0.2, -0.15) is 0 Å². The molecule has 6 nitrogen and oxygen atoms in total. The minimum Gasteiger partial charge on any atom is -0.494 e. The molecule has 0 radical (unpaired) electrons. The van der Waals surface area contributed by atoms with Crippen LogP contribution in [0.2, 0.25) is 0 Å². The first kappa shape index (κ1) is 18.8. The molecule has 1 N–H and O–H groups in total. The Labute approximate surface area is 147 Å². The molecule has 134 valence electrons. The maximum Gasteiger partial charge on any atom is 0.338 e. The van der Waals surface area contributed by atoms with Crippen molar-refractivity contribution in [2.24, 2.45) is 0 Å². The minimum atomic E-state index is -3.72. The van der Waals surface area contributed by atoms with Crippen LogP contribution in [0.3, 0.4) is 0 Å². The summed E-state index contributed by atoms with van der Waals surface area (Å²) in [6.07, 6.45) is -0.217. The molecule has 0 amide bonds. The summed E-state index contributed by atoms with van der Waals surface area (Å²) >= 11 is 0. The summed E-state index contributed by atoms with van der Waals surface area (Å²) in [4.78, 5) is 11.9. The fraction of sp³-hybridized carbons (Fsp3) is 0.278. The fourth-order valence-electron chi connectivity index (χ4n) is 2.05. The number of carbonyl (C=O) groups excluding carboxylic acids is 1. The average Bonchev–Trinajstić information content (AvgIpc) is 2.55. The zero-order valence-corrected chi connectivity index (χ0v) is 15.2. The molecule has 0 saturated heterocycles. The van der Waals surface area contributed by atoms with Gasteiger partial charge in [0.1, 0.15) is 5.75 Å². The molecule has 0 bridgehead atoms.